The van der Waals surface area contributed by atoms with Crippen LogP contribution in [0.3, 0.4) is 0 Å². The van der Waals surface area contributed by atoms with Crippen molar-refractivity contribution in [2.24, 2.45) is 0 Å². The Morgan fingerprint density at radius 3 is 2.09 bits per heavy atom. The van der Waals surface area contributed by atoms with Crippen molar-refractivity contribution in [3.63, 3.8) is 0 Å². The number of benzene rings is 3. The molecule has 0 spiro atoms. The molecule has 0 saturated heterocycles. The topological polar surface area (TPSA) is 17.1 Å². The van der Waals surface area contributed by atoms with E-state index in [4.69, 9.17) is 0 Å². The highest BCUT2D eigenvalue weighted by atomic mass is 16.1. The Kier molecular flexibility index (Phi) is 3.97. The molecule has 0 atom stereocenters. The van der Waals surface area contributed by atoms with Gasteiger partial charge in [-0.2, -0.15) is 0 Å². The number of ketones is 1. The summed E-state index contributed by atoms with van der Waals surface area (Å²) in [6.45, 7) is 3.80. The van der Waals surface area contributed by atoms with E-state index in [1.54, 1.807) is 0 Å². The van der Waals surface area contributed by atoms with Gasteiger partial charge in [0.05, 0.1) is 0 Å². The Bertz CT molecular complexity index is 816. The highest BCUT2D eigenvalue weighted by Gasteiger charge is 2.09. The van der Waals surface area contributed by atoms with Crippen LogP contribution in [0.1, 0.15) is 21.5 Å². The zero-order valence-corrected chi connectivity index (χ0v) is 12.2. The van der Waals surface area contributed by atoms with Gasteiger partial charge in [-0.15, -0.1) is 0 Å². The Balaban J connectivity index is 1.99. The Morgan fingerprint density at radius 2 is 1.36 bits per heavy atom. The van der Waals surface area contributed by atoms with E-state index in [0.717, 1.165) is 16.7 Å². The van der Waals surface area contributed by atoms with Gasteiger partial charge in [-0.1, -0.05) is 79.4 Å². The molecule has 0 unspecified atom stereocenters. The van der Waals surface area contributed by atoms with Gasteiger partial charge in [0.15, 0.2) is 5.78 Å². The second kappa shape index (κ2) is 6.23. The summed E-state index contributed by atoms with van der Waals surface area (Å²) in [6, 6.07) is 25.2. The van der Waals surface area contributed by atoms with E-state index in [0.29, 0.717) is 11.1 Å². The van der Waals surface area contributed by atoms with Gasteiger partial charge in [0.1, 0.15) is 0 Å². The molecule has 0 aliphatic heterocycles. The SMILES string of the molecule is C=Cc1cccc(-c2cccc(C(=O)c3ccccc3)c2)c1. The number of carbonyl (C=O) groups excluding carboxylic acids is 1. The fourth-order valence-corrected chi connectivity index (χ4v) is 2.44. The van der Waals surface area contributed by atoms with Gasteiger partial charge in [-0.25, -0.2) is 0 Å². The molecule has 0 aromatic heterocycles. The van der Waals surface area contributed by atoms with E-state index in [2.05, 4.69) is 12.6 Å². The smallest absolute Gasteiger partial charge is 0.193 e. The van der Waals surface area contributed by atoms with Crippen LogP contribution in [-0.2, 0) is 0 Å². The van der Waals surface area contributed by atoms with Gasteiger partial charge in [0.25, 0.3) is 0 Å². The van der Waals surface area contributed by atoms with Crippen LogP contribution in [0, 0.1) is 0 Å². The molecule has 3 rings (SSSR count). The molecule has 0 aliphatic rings. The minimum Gasteiger partial charge on any atom is -0.289 e. The zero-order chi connectivity index (χ0) is 15.4. The van der Waals surface area contributed by atoms with Crippen LogP contribution in [0.25, 0.3) is 17.2 Å². The number of rotatable bonds is 4. The van der Waals surface area contributed by atoms with Crippen LogP contribution >= 0.6 is 0 Å². The van der Waals surface area contributed by atoms with Crippen LogP contribution < -0.4 is 0 Å². The molecule has 22 heavy (non-hydrogen) atoms. The summed E-state index contributed by atoms with van der Waals surface area (Å²) in [6.07, 6.45) is 1.82. The summed E-state index contributed by atoms with van der Waals surface area (Å²) in [5.41, 5.74) is 4.59. The standard InChI is InChI=1S/C21H16O/c1-2-16-8-6-11-18(14-16)19-12-7-13-20(15-19)21(22)17-9-4-3-5-10-17/h2-15H,1H2. The summed E-state index contributed by atoms with van der Waals surface area (Å²) in [4.78, 5) is 12.5. The maximum atomic E-state index is 12.5. The molecule has 0 N–H and O–H groups in total. The van der Waals surface area contributed by atoms with E-state index >= 15 is 0 Å². The van der Waals surface area contributed by atoms with Crippen molar-refractivity contribution in [3.8, 4) is 11.1 Å². The summed E-state index contributed by atoms with van der Waals surface area (Å²) in [5.74, 6) is 0.0438. The first-order valence-electron chi connectivity index (χ1n) is 7.20. The largest absolute Gasteiger partial charge is 0.289 e. The molecule has 0 amide bonds. The van der Waals surface area contributed by atoms with E-state index in [9.17, 15) is 4.79 Å². The van der Waals surface area contributed by atoms with Crippen molar-refractivity contribution in [3.05, 3.63) is 102 Å². The lowest BCUT2D eigenvalue weighted by atomic mass is 9.97. The van der Waals surface area contributed by atoms with Crippen LogP contribution in [0.4, 0.5) is 0 Å². The molecule has 3 aromatic carbocycles. The van der Waals surface area contributed by atoms with Crippen LogP contribution in [0.2, 0.25) is 0 Å². The summed E-state index contributed by atoms with van der Waals surface area (Å²) in [5, 5.41) is 0. The molecule has 106 valence electrons. The van der Waals surface area contributed by atoms with Gasteiger partial charge in [-0.05, 0) is 28.8 Å². The molecule has 0 fully saturated rings. The number of carbonyl (C=O) groups is 1. The van der Waals surface area contributed by atoms with E-state index in [1.807, 2.05) is 78.9 Å². The van der Waals surface area contributed by atoms with Crippen LogP contribution in [0.5, 0.6) is 0 Å². The third kappa shape index (κ3) is 2.89. The monoisotopic (exact) mass is 284 g/mol. The highest BCUT2D eigenvalue weighted by molar-refractivity contribution is 6.09. The molecule has 3 aromatic rings. The van der Waals surface area contributed by atoms with E-state index in [1.165, 1.54) is 0 Å². The highest BCUT2D eigenvalue weighted by Crippen LogP contribution is 2.23. The lowest BCUT2D eigenvalue weighted by molar-refractivity contribution is 0.103. The van der Waals surface area contributed by atoms with E-state index in [-0.39, 0.29) is 5.78 Å². The zero-order valence-electron chi connectivity index (χ0n) is 12.2. The predicted octanol–water partition coefficient (Wildman–Crippen LogP) is 5.23. The Hall–Kier alpha value is -2.93. The fraction of sp³-hybridized carbons (Fsp3) is 0. The van der Waals surface area contributed by atoms with Gasteiger partial charge in [-0.3, -0.25) is 4.79 Å². The molecule has 0 heterocycles. The summed E-state index contributed by atoms with van der Waals surface area (Å²) in [7, 11) is 0. The lowest BCUT2D eigenvalue weighted by Gasteiger charge is -2.06. The third-order valence-corrected chi connectivity index (χ3v) is 3.62. The maximum absolute atomic E-state index is 12.5. The maximum Gasteiger partial charge on any atom is 0.193 e. The van der Waals surface area contributed by atoms with Gasteiger partial charge < -0.3 is 0 Å². The number of hydrogen-bond donors (Lipinski definition) is 0. The molecule has 1 nitrogen and oxygen atoms in total. The molecule has 0 bridgehead atoms. The average Bonchev–Trinajstić information content (AvgIpc) is 2.62. The molecule has 0 radical (unpaired) electrons. The minimum absolute atomic E-state index is 0.0438. The first-order valence-corrected chi connectivity index (χ1v) is 7.20. The van der Waals surface area contributed by atoms with Crippen molar-refractivity contribution in [2.45, 2.75) is 0 Å². The van der Waals surface area contributed by atoms with Gasteiger partial charge in [0, 0.05) is 11.1 Å². The number of hydrogen-bond acceptors (Lipinski definition) is 1. The summed E-state index contributed by atoms with van der Waals surface area (Å²) >= 11 is 0. The normalized spacial score (nSPS) is 10.2. The fourth-order valence-electron chi connectivity index (χ4n) is 2.44. The van der Waals surface area contributed by atoms with Crippen molar-refractivity contribution < 1.29 is 4.79 Å². The second-order valence-electron chi connectivity index (χ2n) is 5.11. The Labute approximate surface area is 130 Å². The van der Waals surface area contributed by atoms with E-state index < -0.39 is 0 Å². The Morgan fingerprint density at radius 1 is 0.727 bits per heavy atom. The summed E-state index contributed by atoms with van der Waals surface area (Å²) < 4.78 is 0. The minimum atomic E-state index is 0.0438. The molecule has 1 heteroatoms. The molecular formula is C21H16O. The lowest BCUT2D eigenvalue weighted by Crippen LogP contribution is -2.00. The quantitative estimate of drug-likeness (QED) is 0.600. The van der Waals surface area contributed by atoms with Crippen molar-refractivity contribution in [2.75, 3.05) is 0 Å². The average molecular weight is 284 g/mol. The van der Waals surface area contributed by atoms with Gasteiger partial charge >= 0.3 is 0 Å². The first-order chi connectivity index (χ1) is 10.8. The van der Waals surface area contributed by atoms with Crippen molar-refractivity contribution in [1.82, 2.24) is 0 Å². The second-order valence-corrected chi connectivity index (χ2v) is 5.11. The molecule has 0 aliphatic carbocycles. The third-order valence-electron chi connectivity index (χ3n) is 3.62. The predicted molar refractivity (Wildman–Crippen MR) is 91.8 cm³/mol. The van der Waals surface area contributed by atoms with Gasteiger partial charge in [0.2, 0.25) is 0 Å². The van der Waals surface area contributed by atoms with Crippen molar-refractivity contribution >= 4 is 11.9 Å². The van der Waals surface area contributed by atoms with Crippen LogP contribution in [0.15, 0.2) is 85.4 Å². The molecule has 0 saturated carbocycles. The first kappa shape index (κ1) is 14.0. The molecular weight excluding hydrogens is 268 g/mol. The van der Waals surface area contributed by atoms with Crippen LogP contribution in [-0.4, -0.2) is 5.78 Å². The van der Waals surface area contributed by atoms with Crippen molar-refractivity contribution in [1.29, 1.82) is 0 Å².